The van der Waals surface area contributed by atoms with E-state index in [-0.39, 0.29) is 35.2 Å². The quantitative estimate of drug-likeness (QED) is 0.369. The Morgan fingerprint density at radius 3 is 2.23 bits per heavy atom. The lowest BCUT2D eigenvalue weighted by atomic mass is 10.0. The molecule has 10 heteroatoms. The van der Waals surface area contributed by atoms with E-state index in [1.165, 1.54) is 27.4 Å². The zero-order valence-electron chi connectivity index (χ0n) is 17.5. The predicted molar refractivity (Wildman–Crippen MR) is 113 cm³/mol. The van der Waals surface area contributed by atoms with Crippen molar-refractivity contribution >= 4 is 23.0 Å². The molecule has 1 N–H and O–H groups in total. The van der Waals surface area contributed by atoms with Crippen molar-refractivity contribution in [1.29, 1.82) is 5.41 Å². The molecular weight excluding hydrogens is 410 g/mol. The van der Waals surface area contributed by atoms with Gasteiger partial charge in [-0.05, 0) is 19.1 Å². The molecule has 0 aromatic heterocycles. The monoisotopic (exact) mass is 432 g/mol. The number of ether oxygens (including phenoxy) is 1. The molecule has 0 fully saturated rings. The number of hydrogen-bond donors (Lipinski definition) is 1. The molecule has 0 amide bonds. The van der Waals surface area contributed by atoms with E-state index in [1.807, 2.05) is 0 Å². The van der Waals surface area contributed by atoms with Crippen molar-refractivity contribution in [1.82, 2.24) is 0 Å². The van der Waals surface area contributed by atoms with Crippen LogP contribution >= 0.6 is 0 Å². The first-order valence-corrected chi connectivity index (χ1v) is 8.98. The van der Waals surface area contributed by atoms with Gasteiger partial charge in [0.2, 0.25) is 5.90 Å². The van der Waals surface area contributed by atoms with Gasteiger partial charge in [-0.25, -0.2) is 8.78 Å². The maximum Gasteiger partial charge on any atom is 0.236 e. The first-order valence-electron chi connectivity index (χ1n) is 8.98. The maximum absolute atomic E-state index is 14.2. The van der Waals surface area contributed by atoms with Gasteiger partial charge in [0.15, 0.2) is 5.71 Å². The van der Waals surface area contributed by atoms with Crippen molar-refractivity contribution in [2.45, 2.75) is 13.5 Å². The lowest BCUT2D eigenvalue weighted by Crippen LogP contribution is -2.19. The van der Waals surface area contributed by atoms with Gasteiger partial charge in [-0.1, -0.05) is 39.7 Å². The summed E-state index contributed by atoms with van der Waals surface area (Å²) in [5.41, 5.74) is 1.65. The van der Waals surface area contributed by atoms with Crippen LogP contribution in [-0.2, 0) is 25.9 Å². The van der Waals surface area contributed by atoms with Crippen LogP contribution in [0.2, 0.25) is 0 Å². The van der Waals surface area contributed by atoms with Gasteiger partial charge in [-0.15, -0.1) is 0 Å². The summed E-state index contributed by atoms with van der Waals surface area (Å²) in [6.45, 7) is 1.55. The van der Waals surface area contributed by atoms with Crippen LogP contribution in [0.25, 0.3) is 0 Å². The fraction of sp³-hybridized carbons (Fsp3) is 0.238. The van der Waals surface area contributed by atoms with Gasteiger partial charge < -0.3 is 19.2 Å². The molecular formula is C21H22F2N4O4. The largest absolute Gasteiger partial charge is 0.480 e. The summed E-state index contributed by atoms with van der Waals surface area (Å²) in [6, 6.07) is 10.1. The average Bonchev–Trinajstić information content (AvgIpc) is 2.76. The molecule has 164 valence electrons. The standard InChI is InChI=1S/C21H22F2N4O4/c1-13(19(26-29-3)17-10-9-15(22)11-18(17)23)25-31-12-14-7-5-6-8-16(14)20(27-30-4)21(24)28-2/h5-11,24H,12H2,1-4H3. The highest BCUT2D eigenvalue weighted by Crippen LogP contribution is 2.15. The Morgan fingerprint density at radius 2 is 1.58 bits per heavy atom. The molecule has 0 saturated heterocycles. The number of benzene rings is 2. The minimum absolute atomic E-state index is 0.000591. The van der Waals surface area contributed by atoms with E-state index in [2.05, 4.69) is 15.5 Å². The molecule has 0 aliphatic carbocycles. The molecule has 31 heavy (non-hydrogen) atoms. The fourth-order valence-corrected chi connectivity index (χ4v) is 2.60. The molecule has 2 rings (SSSR count). The number of rotatable bonds is 9. The molecule has 0 bridgehead atoms. The Bertz CT molecular complexity index is 1020. The van der Waals surface area contributed by atoms with Gasteiger partial charge in [0, 0.05) is 22.8 Å². The number of halogens is 2. The molecule has 0 atom stereocenters. The zero-order chi connectivity index (χ0) is 22.8. The second-order valence-electron chi connectivity index (χ2n) is 6.01. The first kappa shape index (κ1) is 23.5. The van der Waals surface area contributed by atoms with Crippen LogP contribution in [0.3, 0.4) is 0 Å². The summed E-state index contributed by atoms with van der Waals surface area (Å²) in [5, 5.41) is 19.5. The number of methoxy groups -OCH3 is 1. The normalized spacial score (nSPS) is 12.4. The van der Waals surface area contributed by atoms with Gasteiger partial charge in [0.25, 0.3) is 0 Å². The Morgan fingerprint density at radius 1 is 0.903 bits per heavy atom. The molecule has 8 nitrogen and oxygen atoms in total. The second-order valence-corrected chi connectivity index (χ2v) is 6.01. The lowest BCUT2D eigenvalue weighted by Gasteiger charge is -2.11. The Labute approximate surface area is 178 Å². The Hall–Kier alpha value is -3.82. The third-order valence-electron chi connectivity index (χ3n) is 4.01. The molecule has 2 aromatic carbocycles. The van der Waals surface area contributed by atoms with Crippen LogP contribution < -0.4 is 0 Å². The van der Waals surface area contributed by atoms with Crippen molar-refractivity contribution in [3.8, 4) is 0 Å². The number of hydrogen-bond acceptors (Lipinski definition) is 8. The first-order chi connectivity index (χ1) is 14.9. The zero-order valence-corrected chi connectivity index (χ0v) is 17.5. The van der Waals surface area contributed by atoms with Gasteiger partial charge in [-0.2, -0.15) is 0 Å². The smallest absolute Gasteiger partial charge is 0.236 e. The highest BCUT2D eigenvalue weighted by atomic mass is 19.1. The van der Waals surface area contributed by atoms with E-state index in [0.717, 1.165) is 12.1 Å². The molecule has 0 aliphatic heterocycles. The third-order valence-corrected chi connectivity index (χ3v) is 4.01. The van der Waals surface area contributed by atoms with Gasteiger partial charge in [-0.3, -0.25) is 5.41 Å². The van der Waals surface area contributed by atoms with Crippen LogP contribution in [0.4, 0.5) is 8.78 Å². The van der Waals surface area contributed by atoms with Gasteiger partial charge in [0.05, 0.1) is 7.11 Å². The Balaban J connectivity index is 2.28. The topological polar surface area (TPSA) is 97.9 Å². The van der Waals surface area contributed by atoms with Crippen molar-refractivity contribution in [2.24, 2.45) is 15.5 Å². The number of oxime groups is 3. The van der Waals surface area contributed by atoms with E-state index in [4.69, 9.17) is 24.7 Å². The minimum atomic E-state index is -0.811. The molecule has 0 heterocycles. The molecule has 0 unspecified atom stereocenters. The van der Waals surface area contributed by atoms with E-state index >= 15 is 0 Å². The lowest BCUT2D eigenvalue weighted by molar-refractivity contribution is 0.130. The van der Waals surface area contributed by atoms with Crippen molar-refractivity contribution in [3.63, 3.8) is 0 Å². The highest BCUT2D eigenvalue weighted by molar-refractivity contribution is 6.47. The average molecular weight is 432 g/mol. The minimum Gasteiger partial charge on any atom is -0.480 e. The van der Waals surface area contributed by atoms with Gasteiger partial charge >= 0.3 is 0 Å². The van der Waals surface area contributed by atoms with Gasteiger partial charge in [0.1, 0.15) is 43.9 Å². The van der Waals surface area contributed by atoms with E-state index < -0.39 is 11.6 Å². The van der Waals surface area contributed by atoms with Crippen LogP contribution in [0.5, 0.6) is 0 Å². The summed E-state index contributed by atoms with van der Waals surface area (Å²) in [6.07, 6.45) is 0. The van der Waals surface area contributed by atoms with Crippen LogP contribution in [0.1, 0.15) is 23.6 Å². The fourth-order valence-electron chi connectivity index (χ4n) is 2.60. The molecule has 0 radical (unpaired) electrons. The van der Waals surface area contributed by atoms with Crippen molar-refractivity contribution in [2.75, 3.05) is 21.3 Å². The Kier molecular flexibility index (Phi) is 8.62. The molecule has 0 saturated carbocycles. The third kappa shape index (κ3) is 6.08. The second kappa shape index (κ2) is 11.4. The van der Waals surface area contributed by atoms with Crippen molar-refractivity contribution in [3.05, 3.63) is 70.8 Å². The van der Waals surface area contributed by atoms with E-state index in [0.29, 0.717) is 11.1 Å². The van der Waals surface area contributed by atoms with E-state index in [9.17, 15) is 8.78 Å². The summed E-state index contributed by atoms with van der Waals surface area (Å²) in [5.74, 6) is -1.71. The van der Waals surface area contributed by atoms with E-state index in [1.54, 1.807) is 31.2 Å². The summed E-state index contributed by atoms with van der Waals surface area (Å²) in [7, 11) is 4.01. The van der Waals surface area contributed by atoms with Crippen LogP contribution in [0.15, 0.2) is 57.9 Å². The summed E-state index contributed by atoms with van der Waals surface area (Å²) >= 11 is 0. The number of nitrogens with zero attached hydrogens (tertiary/aromatic N) is 3. The number of nitrogens with one attached hydrogen (secondary N) is 1. The van der Waals surface area contributed by atoms with Crippen molar-refractivity contribution < 1.29 is 28.0 Å². The molecule has 0 aliphatic rings. The molecule has 0 spiro atoms. The van der Waals surface area contributed by atoms with Crippen LogP contribution in [-0.4, -0.2) is 44.4 Å². The predicted octanol–water partition coefficient (Wildman–Crippen LogP) is 3.88. The highest BCUT2D eigenvalue weighted by Gasteiger charge is 2.18. The maximum atomic E-state index is 14.2. The van der Waals surface area contributed by atoms with Crippen LogP contribution in [0, 0.1) is 17.0 Å². The summed E-state index contributed by atoms with van der Waals surface area (Å²) < 4.78 is 32.3. The SMILES string of the molecule is CON=C(C(C)=NOCc1ccccc1C(=NOC)C(=N)OC)c1ccc(F)cc1F. The summed E-state index contributed by atoms with van der Waals surface area (Å²) in [4.78, 5) is 15.0. The molecule has 2 aromatic rings.